The summed E-state index contributed by atoms with van der Waals surface area (Å²) in [6.45, 7) is 0.125. The van der Waals surface area contributed by atoms with Crippen molar-refractivity contribution >= 4 is 39.6 Å². The maximum absolute atomic E-state index is 13.2. The van der Waals surface area contributed by atoms with E-state index in [0.717, 1.165) is 21.2 Å². The van der Waals surface area contributed by atoms with E-state index < -0.39 is 17.8 Å². The molecular formula is C26H16N2O4. The average molecular weight is 420 g/mol. The molecule has 0 atom stereocenters. The van der Waals surface area contributed by atoms with Gasteiger partial charge in [0.05, 0.1) is 23.1 Å². The zero-order valence-corrected chi connectivity index (χ0v) is 16.8. The topological polar surface area (TPSA) is 76.6 Å². The molecule has 4 aromatic rings. The van der Waals surface area contributed by atoms with Gasteiger partial charge in [-0.2, -0.15) is 0 Å². The third kappa shape index (κ3) is 3.55. The average Bonchev–Trinajstić information content (AvgIpc) is 2.81. The first-order valence-corrected chi connectivity index (χ1v) is 9.97. The van der Waals surface area contributed by atoms with Crippen molar-refractivity contribution in [3.05, 3.63) is 102 Å². The van der Waals surface area contributed by atoms with Gasteiger partial charge in [0.1, 0.15) is 5.75 Å². The summed E-state index contributed by atoms with van der Waals surface area (Å²) in [6, 6.07) is 21.6. The molecule has 0 saturated heterocycles. The number of para-hydroxylation sites is 2. The monoisotopic (exact) mass is 420 g/mol. The van der Waals surface area contributed by atoms with E-state index >= 15 is 0 Å². The van der Waals surface area contributed by atoms with Crippen molar-refractivity contribution in [3.63, 3.8) is 0 Å². The number of hydrogen-bond acceptors (Lipinski definition) is 5. The Morgan fingerprint density at radius 3 is 1.97 bits per heavy atom. The molecule has 6 heteroatoms. The number of ether oxygens (including phenoxy) is 1. The van der Waals surface area contributed by atoms with Crippen LogP contribution >= 0.6 is 0 Å². The quantitative estimate of drug-likeness (QED) is 0.163. The Morgan fingerprint density at radius 1 is 0.812 bits per heavy atom. The standard InChI is InChI=1S/C26H16N2O4/c29-23-10-5-11-24(30)28(23)16-17-12-14-18(15-13-17)32-26(31)25-19-6-1-3-8-21(19)27-22-9-4-2-7-20(22)25/h1-4,6-15H,16H2. The second kappa shape index (κ2) is 7.95. The number of fused-ring (bicyclic) bond motifs is 2. The number of pyridine rings is 1. The van der Waals surface area contributed by atoms with E-state index in [1.165, 1.54) is 12.2 Å². The van der Waals surface area contributed by atoms with Gasteiger partial charge in [0, 0.05) is 22.9 Å². The van der Waals surface area contributed by atoms with Crippen molar-refractivity contribution < 1.29 is 19.1 Å². The summed E-state index contributed by atoms with van der Waals surface area (Å²) in [7, 11) is 0. The molecule has 0 fully saturated rings. The zero-order chi connectivity index (χ0) is 22.1. The lowest BCUT2D eigenvalue weighted by Crippen LogP contribution is -2.35. The van der Waals surface area contributed by atoms with Gasteiger partial charge in [-0.25, -0.2) is 9.78 Å². The number of carbonyl (C=O) groups excluding carboxylic acids is 3. The van der Waals surface area contributed by atoms with Crippen molar-refractivity contribution in [2.75, 3.05) is 0 Å². The molecule has 0 saturated carbocycles. The van der Waals surface area contributed by atoms with Gasteiger partial charge in [0.2, 0.25) is 0 Å². The van der Waals surface area contributed by atoms with Crippen LogP contribution in [0.4, 0.5) is 0 Å². The second-order valence-corrected chi connectivity index (χ2v) is 7.27. The molecule has 1 aliphatic heterocycles. The van der Waals surface area contributed by atoms with Gasteiger partial charge in [-0.1, -0.05) is 48.5 Å². The molecule has 2 heterocycles. The van der Waals surface area contributed by atoms with Gasteiger partial charge in [0.15, 0.2) is 0 Å². The van der Waals surface area contributed by atoms with Gasteiger partial charge in [0.25, 0.3) is 11.8 Å². The molecule has 0 unspecified atom stereocenters. The van der Waals surface area contributed by atoms with E-state index in [4.69, 9.17) is 4.74 Å². The maximum atomic E-state index is 13.2. The predicted molar refractivity (Wildman–Crippen MR) is 119 cm³/mol. The second-order valence-electron chi connectivity index (χ2n) is 7.27. The SMILES string of the molecule is O=C(Oc1ccc(CN2C(=O)C=C=CC2=O)cc1)c1c2ccccc2nc2ccccc12. The van der Waals surface area contributed by atoms with Gasteiger partial charge in [-0.05, 0) is 29.8 Å². The minimum absolute atomic E-state index is 0.125. The molecule has 0 spiro atoms. The number of carbonyl (C=O) groups is 3. The Labute approximate surface area is 183 Å². The third-order valence-electron chi connectivity index (χ3n) is 5.21. The molecule has 154 valence electrons. The van der Waals surface area contributed by atoms with E-state index in [0.29, 0.717) is 22.3 Å². The summed E-state index contributed by atoms with van der Waals surface area (Å²) in [5, 5.41) is 1.44. The van der Waals surface area contributed by atoms with Crippen LogP contribution in [0.25, 0.3) is 21.8 Å². The fourth-order valence-corrected chi connectivity index (χ4v) is 3.67. The predicted octanol–water partition coefficient (Wildman–Crippen LogP) is 4.19. The van der Waals surface area contributed by atoms with Crippen LogP contribution in [0.5, 0.6) is 5.75 Å². The van der Waals surface area contributed by atoms with E-state index in [1.54, 1.807) is 24.3 Å². The minimum atomic E-state index is -0.482. The molecular weight excluding hydrogens is 404 g/mol. The smallest absolute Gasteiger partial charge is 0.344 e. The third-order valence-corrected chi connectivity index (χ3v) is 5.21. The number of benzene rings is 3. The Balaban J connectivity index is 1.42. The van der Waals surface area contributed by atoms with Crippen molar-refractivity contribution in [1.29, 1.82) is 0 Å². The van der Waals surface area contributed by atoms with Crippen LogP contribution in [0.1, 0.15) is 15.9 Å². The number of imide groups is 1. The van der Waals surface area contributed by atoms with Crippen LogP contribution in [0.2, 0.25) is 0 Å². The summed E-state index contributed by atoms with van der Waals surface area (Å²) in [5.74, 6) is -0.946. The first kappa shape index (κ1) is 19.4. The number of hydrogen-bond donors (Lipinski definition) is 0. The largest absolute Gasteiger partial charge is 0.423 e. The fraction of sp³-hybridized carbons (Fsp3) is 0.0385. The molecule has 2 amide bonds. The number of nitrogens with zero attached hydrogens (tertiary/aromatic N) is 2. The lowest BCUT2D eigenvalue weighted by atomic mass is 10.0. The fourth-order valence-electron chi connectivity index (χ4n) is 3.67. The highest BCUT2D eigenvalue weighted by Crippen LogP contribution is 2.27. The molecule has 6 nitrogen and oxygen atoms in total. The first-order valence-electron chi connectivity index (χ1n) is 9.97. The van der Waals surface area contributed by atoms with Crippen LogP contribution in [-0.2, 0) is 16.1 Å². The van der Waals surface area contributed by atoms with Crippen LogP contribution in [0.15, 0.2) is 90.7 Å². The Bertz CT molecular complexity index is 1390. The van der Waals surface area contributed by atoms with E-state index in [-0.39, 0.29) is 6.54 Å². The Hall–Kier alpha value is -4.54. The van der Waals surface area contributed by atoms with Crippen LogP contribution < -0.4 is 4.74 Å². The molecule has 1 aromatic heterocycles. The first-order chi connectivity index (χ1) is 15.6. The summed E-state index contributed by atoms with van der Waals surface area (Å²) >= 11 is 0. The van der Waals surface area contributed by atoms with Gasteiger partial charge in [-0.3, -0.25) is 14.5 Å². The minimum Gasteiger partial charge on any atom is -0.423 e. The number of amides is 2. The Kier molecular flexibility index (Phi) is 4.82. The lowest BCUT2D eigenvalue weighted by Gasteiger charge is -2.18. The zero-order valence-electron chi connectivity index (χ0n) is 16.8. The van der Waals surface area contributed by atoms with Crippen molar-refractivity contribution in [3.8, 4) is 5.75 Å². The van der Waals surface area contributed by atoms with E-state index in [1.807, 2.05) is 48.5 Å². The normalized spacial score (nSPS) is 13.2. The molecule has 0 aliphatic carbocycles. The highest BCUT2D eigenvalue weighted by molar-refractivity contribution is 6.14. The van der Waals surface area contributed by atoms with Gasteiger partial charge >= 0.3 is 5.97 Å². The van der Waals surface area contributed by atoms with Crippen LogP contribution in [0.3, 0.4) is 0 Å². The summed E-state index contributed by atoms with van der Waals surface area (Å²) in [6.07, 6.45) is 2.45. The number of esters is 1. The molecule has 5 rings (SSSR count). The Morgan fingerprint density at radius 2 is 1.38 bits per heavy atom. The van der Waals surface area contributed by atoms with E-state index in [2.05, 4.69) is 10.7 Å². The van der Waals surface area contributed by atoms with Crippen LogP contribution in [-0.4, -0.2) is 27.7 Å². The van der Waals surface area contributed by atoms with Crippen LogP contribution in [0, 0.1) is 0 Å². The number of rotatable bonds is 4. The summed E-state index contributed by atoms with van der Waals surface area (Å²) in [4.78, 5) is 42.7. The molecule has 32 heavy (non-hydrogen) atoms. The van der Waals surface area contributed by atoms with Crippen molar-refractivity contribution in [2.45, 2.75) is 6.54 Å². The van der Waals surface area contributed by atoms with E-state index in [9.17, 15) is 14.4 Å². The van der Waals surface area contributed by atoms with Gasteiger partial charge < -0.3 is 4.74 Å². The molecule has 0 radical (unpaired) electrons. The van der Waals surface area contributed by atoms with Crippen molar-refractivity contribution in [2.24, 2.45) is 0 Å². The molecule has 3 aromatic carbocycles. The highest BCUT2D eigenvalue weighted by atomic mass is 16.5. The summed E-state index contributed by atoms with van der Waals surface area (Å²) < 4.78 is 5.67. The molecule has 1 aliphatic rings. The molecule has 0 bridgehead atoms. The van der Waals surface area contributed by atoms with Crippen molar-refractivity contribution in [1.82, 2.24) is 9.88 Å². The number of aromatic nitrogens is 1. The van der Waals surface area contributed by atoms with Gasteiger partial charge in [-0.15, -0.1) is 5.73 Å². The summed E-state index contributed by atoms with van der Waals surface area (Å²) in [5.41, 5.74) is 5.14. The highest BCUT2D eigenvalue weighted by Gasteiger charge is 2.21. The molecule has 0 N–H and O–H groups in total. The maximum Gasteiger partial charge on any atom is 0.344 e. The lowest BCUT2D eigenvalue weighted by molar-refractivity contribution is -0.139.